The molecule has 0 spiro atoms. The smallest absolute Gasteiger partial charge is 0.103 e. The summed E-state index contributed by atoms with van der Waals surface area (Å²) in [4.78, 5) is 0. The molecular formula is C14H21BrN4O. The maximum absolute atomic E-state index is 5.68. The zero-order valence-electron chi connectivity index (χ0n) is 11.9. The van der Waals surface area contributed by atoms with Crippen molar-refractivity contribution in [2.75, 3.05) is 0 Å². The van der Waals surface area contributed by atoms with Gasteiger partial charge in [0.15, 0.2) is 0 Å². The molecule has 5 nitrogen and oxygen atoms in total. The van der Waals surface area contributed by atoms with E-state index in [-0.39, 0.29) is 6.04 Å². The summed E-state index contributed by atoms with van der Waals surface area (Å²) in [6, 6.07) is 4.09. The second-order valence-corrected chi connectivity index (χ2v) is 5.64. The molecule has 2 aromatic heterocycles. The molecule has 0 amide bonds. The predicted molar refractivity (Wildman–Crippen MR) is 82.2 cm³/mol. The SMILES string of the molecule is CCn1nc(C)c(Br)c1CC(CCc1ccco1)NN. The summed E-state index contributed by atoms with van der Waals surface area (Å²) in [5.74, 6) is 6.67. The second-order valence-electron chi connectivity index (χ2n) is 4.85. The Labute approximate surface area is 127 Å². The van der Waals surface area contributed by atoms with Crippen molar-refractivity contribution in [3.8, 4) is 0 Å². The molecule has 6 heteroatoms. The summed E-state index contributed by atoms with van der Waals surface area (Å²) in [6.07, 6.45) is 4.34. The van der Waals surface area contributed by atoms with E-state index in [0.717, 1.165) is 41.7 Å². The molecule has 0 aromatic carbocycles. The molecule has 0 aliphatic heterocycles. The van der Waals surface area contributed by atoms with Gasteiger partial charge in [-0.15, -0.1) is 0 Å². The number of aromatic nitrogens is 2. The molecule has 20 heavy (non-hydrogen) atoms. The Morgan fingerprint density at radius 3 is 2.95 bits per heavy atom. The van der Waals surface area contributed by atoms with E-state index < -0.39 is 0 Å². The van der Waals surface area contributed by atoms with Crippen LogP contribution in [0.5, 0.6) is 0 Å². The van der Waals surface area contributed by atoms with E-state index in [1.54, 1.807) is 6.26 Å². The summed E-state index contributed by atoms with van der Waals surface area (Å²) in [6.45, 7) is 4.96. The van der Waals surface area contributed by atoms with Crippen LogP contribution in [0.4, 0.5) is 0 Å². The molecule has 0 bridgehead atoms. The summed E-state index contributed by atoms with van der Waals surface area (Å²) in [7, 11) is 0. The van der Waals surface area contributed by atoms with Crippen molar-refractivity contribution in [3.05, 3.63) is 40.0 Å². The summed E-state index contributed by atoms with van der Waals surface area (Å²) in [5.41, 5.74) is 5.10. The standard InChI is InChI=1S/C14H21BrN4O/c1-3-19-13(14(15)10(2)18-19)9-11(17-16)6-7-12-5-4-8-20-12/h4-5,8,11,17H,3,6-7,9,16H2,1-2H3. The first-order valence-corrected chi connectivity index (χ1v) is 7.65. The third-order valence-electron chi connectivity index (χ3n) is 3.45. The summed E-state index contributed by atoms with van der Waals surface area (Å²) < 4.78 is 8.46. The maximum atomic E-state index is 5.68. The van der Waals surface area contributed by atoms with E-state index >= 15 is 0 Å². The van der Waals surface area contributed by atoms with Gasteiger partial charge in [0.25, 0.3) is 0 Å². The molecule has 0 saturated heterocycles. The summed E-state index contributed by atoms with van der Waals surface area (Å²) in [5, 5.41) is 4.51. The third-order valence-corrected chi connectivity index (χ3v) is 4.48. The first-order valence-electron chi connectivity index (χ1n) is 6.86. The highest BCUT2D eigenvalue weighted by molar-refractivity contribution is 9.10. The van der Waals surface area contributed by atoms with E-state index in [4.69, 9.17) is 10.3 Å². The molecule has 2 rings (SSSR count). The van der Waals surface area contributed by atoms with Gasteiger partial charge in [-0.1, -0.05) is 0 Å². The Morgan fingerprint density at radius 1 is 1.55 bits per heavy atom. The van der Waals surface area contributed by atoms with Crippen molar-refractivity contribution < 1.29 is 4.42 Å². The molecule has 110 valence electrons. The highest BCUT2D eigenvalue weighted by atomic mass is 79.9. The van der Waals surface area contributed by atoms with E-state index in [9.17, 15) is 0 Å². The highest BCUT2D eigenvalue weighted by Crippen LogP contribution is 2.23. The van der Waals surface area contributed by atoms with Crippen molar-refractivity contribution >= 4 is 15.9 Å². The minimum Gasteiger partial charge on any atom is -0.469 e. The molecular weight excluding hydrogens is 320 g/mol. The van der Waals surface area contributed by atoms with E-state index in [1.165, 1.54) is 5.69 Å². The van der Waals surface area contributed by atoms with Gasteiger partial charge in [-0.05, 0) is 48.3 Å². The van der Waals surface area contributed by atoms with Gasteiger partial charge in [-0.3, -0.25) is 16.0 Å². The molecule has 0 fully saturated rings. The minimum atomic E-state index is 0.192. The zero-order valence-corrected chi connectivity index (χ0v) is 13.5. The number of halogens is 1. The lowest BCUT2D eigenvalue weighted by Crippen LogP contribution is -2.37. The van der Waals surface area contributed by atoms with Gasteiger partial charge in [0, 0.05) is 25.4 Å². The fourth-order valence-corrected chi connectivity index (χ4v) is 2.76. The number of aryl methyl sites for hydroxylation is 3. The second kappa shape index (κ2) is 7.06. The van der Waals surface area contributed by atoms with E-state index in [1.807, 2.05) is 23.7 Å². The monoisotopic (exact) mass is 340 g/mol. The van der Waals surface area contributed by atoms with Crippen LogP contribution in [0.1, 0.15) is 30.5 Å². The third kappa shape index (κ3) is 3.50. The van der Waals surface area contributed by atoms with Crippen molar-refractivity contribution in [2.24, 2.45) is 5.84 Å². The quantitative estimate of drug-likeness (QED) is 0.600. The van der Waals surface area contributed by atoms with Crippen molar-refractivity contribution in [2.45, 2.75) is 45.7 Å². The fourth-order valence-electron chi connectivity index (χ4n) is 2.31. The molecule has 0 radical (unpaired) electrons. The van der Waals surface area contributed by atoms with Crippen LogP contribution in [0, 0.1) is 6.92 Å². The molecule has 3 N–H and O–H groups in total. The van der Waals surface area contributed by atoms with Crippen LogP contribution in [0.2, 0.25) is 0 Å². The van der Waals surface area contributed by atoms with E-state index in [0.29, 0.717) is 0 Å². The maximum Gasteiger partial charge on any atom is 0.103 e. The number of hydrogen-bond donors (Lipinski definition) is 2. The zero-order chi connectivity index (χ0) is 14.5. The first-order chi connectivity index (χ1) is 9.65. The van der Waals surface area contributed by atoms with Gasteiger partial charge in [-0.2, -0.15) is 5.10 Å². The number of hydrazine groups is 1. The Morgan fingerprint density at radius 2 is 2.35 bits per heavy atom. The van der Waals surface area contributed by atoms with Gasteiger partial charge in [0.2, 0.25) is 0 Å². The van der Waals surface area contributed by atoms with Crippen LogP contribution in [0.3, 0.4) is 0 Å². The average Bonchev–Trinajstić information content (AvgIpc) is 3.06. The van der Waals surface area contributed by atoms with Crippen LogP contribution in [0.15, 0.2) is 27.3 Å². The normalized spacial score (nSPS) is 12.8. The van der Waals surface area contributed by atoms with Gasteiger partial charge in [0.1, 0.15) is 5.76 Å². The number of hydrogen-bond acceptors (Lipinski definition) is 4. The van der Waals surface area contributed by atoms with Gasteiger partial charge >= 0.3 is 0 Å². The topological polar surface area (TPSA) is 69.0 Å². The molecule has 2 aromatic rings. The average molecular weight is 341 g/mol. The lowest BCUT2D eigenvalue weighted by atomic mass is 10.1. The number of rotatable bonds is 7. The number of nitrogens with two attached hydrogens (primary N) is 1. The van der Waals surface area contributed by atoms with Crippen LogP contribution < -0.4 is 11.3 Å². The lowest BCUT2D eigenvalue weighted by molar-refractivity contribution is 0.438. The number of nitrogens with zero attached hydrogens (tertiary/aromatic N) is 2. The minimum absolute atomic E-state index is 0.192. The Kier molecular flexibility index (Phi) is 5.39. The van der Waals surface area contributed by atoms with Gasteiger partial charge in [-0.25, -0.2) is 0 Å². The van der Waals surface area contributed by atoms with Crippen molar-refractivity contribution in [1.29, 1.82) is 0 Å². The highest BCUT2D eigenvalue weighted by Gasteiger charge is 2.17. The fraction of sp³-hybridized carbons (Fsp3) is 0.500. The lowest BCUT2D eigenvalue weighted by Gasteiger charge is -2.16. The number of furan rings is 1. The molecule has 2 heterocycles. The number of nitrogens with one attached hydrogen (secondary N) is 1. The first kappa shape index (κ1) is 15.3. The van der Waals surface area contributed by atoms with Crippen LogP contribution >= 0.6 is 15.9 Å². The predicted octanol–water partition coefficient (Wildman–Crippen LogP) is 2.57. The van der Waals surface area contributed by atoms with Crippen molar-refractivity contribution in [3.63, 3.8) is 0 Å². The molecule has 1 atom stereocenters. The molecule has 0 saturated carbocycles. The van der Waals surface area contributed by atoms with Crippen LogP contribution in [-0.2, 0) is 19.4 Å². The van der Waals surface area contributed by atoms with Gasteiger partial charge in [0.05, 0.1) is 22.1 Å². The molecule has 0 aliphatic rings. The van der Waals surface area contributed by atoms with Crippen molar-refractivity contribution in [1.82, 2.24) is 15.2 Å². The Hall–Kier alpha value is -1.11. The van der Waals surface area contributed by atoms with E-state index in [2.05, 4.69) is 33.4 Å². The molecule has 0 aliphatic carbocycles. The van der Waals surface area contributed by atoms with Gasteiger partial charge < -0.3 is 4.42 Å². The largest absolute Gasteiger partial charge is 0.469 e. The summed E-state index contributed by atoms with van der Waals surface area (Å²) >= 11 is 3.62. The molecule has 1 unspecified atom stereocenters. The van der Waals surface area contributed by atoms with Crippen LogP contribution in [0.25, 0.3) is 0 Å². The Balaban J connectivity index is 2.02. The Bertz CT molecular complexity index is 536. The van der Waals surface area contributed by atoms with Crippen LogP contribution in [-0.4, -0.2) is 15.8 Å².